The minimum Gasteiger partial charge on any atom is -0.399 e. The number of anilines is 2. The molecule has 1 saturated heterocycles. The quantitative estimate of drug-likeness (QED) is 0.777. The molecule has 1 fully saturated rings. The number of nitrogens with two attached hydrogens (primary N) is 1. The maximum Gasteiger partial charge on any atom is 0.253 e. The summed E-state index contributed by atoms with van der Waals surface area (Å²) in [5.74, 6) is -0.120. The number of benzene rings is 1. The van der Waals surface area contributed by atoms with Crippen LogP contribution in [0.3, 0.4) is 0 Å². The van der Waals surface area contributed by atoms with Gasteiger partial charge in [0.1, 0.15) is 6.10 Å². The van der Waals surface area contributed by atoms with Crippen LogP contribution in [-0.2, 0) is 9.53 Å². The monoisotopic (exact) mass is 376 g/mol. The van der Waals surface area contributed by atoms with Gasteiger partial charge in [-0.2, -0.15) is 0 Å². The Morgan fingerprint density at radius 3 is 2.50 bits per heavy atom. The smallest absolute Gasteiger partial charge is 0.253 e. The van der Waals surface area contributed by atoms with Gasteiger partial charge in [-0.25, -0.2) is 0 Å². The molecule has 0 aromatic heterocycles. The second-order valence-electron chi connectivity index (χ2n) is 4.36. The van der Waals surface area contributed by atoms with Gasteiger partial charge in [-0.3, -0.25) is 4.79 Å². The molecule has 0 spiro atoms. The molecule has 0 bridgehead atoms. The summed E-state index contributed by atoms with van der Waals surface area (Å²) in [5, 5.41) is 2.85. The first-order valence-corrected chi connectivity index (χ1v) is 7.27. The van der Waals surface area contributed by atoms with Crippen LogP contribution in [0.25, 0.3) is 0 Å². The van der Waals surface area contributed by atoms with Gasteiger partial charge < -0.3 is 15.8 Å². The molecular weight excluding hydrogens is 364 g/mol. The van der Waals surface area contributed by atoms with E-state index < -0.39 is 0 Å². The minimum absolute atomic E-state index is 0.120. The summed E-state index contributed by atoms with van der Waals surface area (Å²) in [6, 6.07) is 3.50. The van der Waals surface area contributed by atoms with Crippen LogP contribution in [0.2, 0.25) is 0 Å². The highest BCUT2D eigenvalue weighted by atomic mass is 79.9. The Hall–Kier alpha value is -0.590. The maximum atomic E-state index is 12.0. The van der Waals surface area contributed by atoms with Crippen molar-refractivity contribution < 1.29 is 9.53 Å². The van der Waals surface area contributed by atoms with Crippen molar-refractivity contribution >= 4 is 49.1 Å². The molecule has 1 aromatic rings. The molecule has 2 atom stereocenters. The van der Waals surface area contributed by atoms with E-state index >= 15 is 0 Å². The number of ether oxygens (including phenoxy) is 1. The Kier molecular flexibility index (Phi) is 4.29. The number of amides is 1. The minimum atomic E-state index is -0.364. The summed E-state index contributed by atoms with van der Waals surface area (Å²) in [4.78, 5) is 12.0. The van der Waals surface area contributed by atoms with Crippen molar-refractivity contribution in [1.82, 2.24) is 0 Å². The lowest BCUT2D eigenvalue weighted by molar-refractivity contribution is -0.126. The third kappa shape index (κ3) is 3.05. The van der Waals surface area contributed by atoms with Crippen LogP contribution < -0.4 is 11.1 Å². The molecule has 1 aromatic carbocycles. The van der Waals surface area contributed by atoms with Gasteiger partial charge in [-0.15, -0.1) is 0 Å². The van der Waals surface area contributed by atoms with E-state index in [1.54, 1.807) is 12.1 Å². The Balaban J connectivity index is 2.12. The lowest BCUT2D eigenvalue weighted by atomic mass is 10.2. The average molecular weight is 378 g/mol. The molecule has 0 aliphatic carbocycles. The van der Waals surface area contributed by atoms with Crippen molar-refractivity contribution in [2.24, 2.45) is 0 Å². The molecule has 2 rings (SSSR count). The number of rotatable bonds is 2. The van der Waals surface area contributed by atoms with Gasteiger partial charge >= 0.3 is 0 Å². The highest BCUT2D eigenvalue weighted by Gasteiger charge is 2.28. The summed E-state index contributed by atoms with van der Waals surface area (Å²) < 4.78 is 7.02. The van der Waals surface area contributed by atoms with Crippen molar-refractivity contribution in [3.8, 4) is 0 Å². The van der Waals surface area contributed by atoms with Gasteiger partial charge in [0.2, 0.25) is 0 Å². The molecule has 1 heterocycles. The second kappa shape index (κ2) is 5.59. The van der Waals surface area contributed by atoms with E-state index in [0.29, 0.717) is 11.4 Å². The van der Waals surface area contributed by atoms with Gasteiger partial charge in [0.05, 0.1) is 11.8 Å². The first-order valence-electron chi connectivity index (χ1n) is 5.68. The van der Waals surface area contributed by atoms with Crippen molar-refractivity contribution in [3.63, 3.8) is 0 Å². The third-order valence-corrected chi connectivity index (χ3v) is 4.09. The lowest BCUT2D eigenvalue weighted by Crippen LogP contribution is -2.28. The highest BCUT2D eigenvalue weighted by molar-refractivity contribution is 9.11. The molecule has 2 unspecified atom stereocenters. The Labute approximate surface area is 123 Å². The molecule has 1 amide bonds. The second-order valence-corrected chi connectivity index (χ2v) is 6.07. The molecule has 0 saturated carbocycles. The largest absolute Gasteiger partial charge is 0.399 e. The van der Waals surface area contributed by atoms with Crippen molar-refractivity contribution in [2.75, 3.05) is 11.1 Å². The maximum absolute atomic E-state index is 12.0. The van der Waals surface area contributed by atoms with E-state index in [0.717, 1.165) is 21.8 Å². The van der Waals surface area contributed by atoms with Crippen molar-refractivity contribution in [1.29, 1.82) is 0 Å². The van der Waals surface area contributed by atoms with Gasteiger partial charge in [-0.1, -0.05) is 0 Å². The van der Waals surface area contributed by atoms with E-state index in [9.17, 15) is 4.79 Å². The molecule has 3 N–H and O–H groups in total. The van der Waals surface area contributed by atoms with Crippen LogP contribution in [-0.4, -0.2) is 18.1 Å². The zero-order chi connectivity index (χ0) is 13.3. The number of hydrogen-bond acceptors (Lipinski definition) is 3. The summed E-state index contributed by atoms with van der Waals surface area (Å²) in [7, 11) is 0. The molecule has 0 radical (unpaired) electrons. The molecule has 6 heteroatoms. The van der Waals surface area contributed by atoms with Crippen LogP contribution in [0, 0.1) is 0 Å². The fourth-order valence-corrected chi connectivity index (χ4v) is 3.33. The Morgan fingerprint density at radius 2 is 2.00 bits per heavy atom. The molecule has 1 aliphatic heterocycles. The predicted octanol–water partition coefficient (Wildman–Crippen LogP) is 3.30. The molecule has 98 valence electrons. The molecule has 4 nitrogen and oxygen atoms in total. The molecular formula is C12H14Br2N2O2. The van der Waals surface area contributed by atoms with Gasteiger partial charge in [0, 0.05) is 14.6 Å². The van der Waals surface area contributed by atoms with Crippen LogP contribution in [0.5, 0.6) is 0 Å². The first kappa shape index (κ1) is 13.8. The Bertz CT molecular complexity index is 456. The summed E-state index contributed by atoms with van der Waals surface area (Å²) in [5.41, 5.74) is 7.00. The number of nitrogen functional groups attached to an aromatic ring is 1. The summed E-state index contributed by atoms with van der Waals surface area (Å²) in [6.07, 6.45) is 1.47. The topological polar surface area (TPSA) is 64.4 Å². The highest BCUT2D eigenvalue weighted by Crippen LogP contribution is 2.34. The number of carbonyl (C=O) groups is 1. The van der Waals surface area contributed by atoms with E-state index in [1.165, 1.54) is 0 Å². The van der Waals surface area contributed by atoms with Gasteiger partial charge in [0.25, 0.3) is 5.91 Å². The summed E-state index contributed by atoms with van der Waals surface area (Å²) in [6.45, 7) is 1.97. The zero-order valence-electron chi connectivity index (χ0n) is 9.87. The number of halogens is 2. The number of hydrogen-bond donors (Lipinski definition) is 2. The SMILES string of the molecule is CC1CCC(C(=O)Nc2c(Br)cc(N)cc2Br)O1. The fraction of sp³-hybridized carbons (Fsp3) is 0.417. The third-order valence-electron chi connectivity index (χ3n) is 2.84. The average Bonchev–Trinajstić information content (AvgIpc) is 2.70. The van der Waals surface area contributed by atoms with Crippen LogP contribution in [0.4, 0.5) is 11.4 Å². The van der Waals surface area contributed by atoms with Gasteiger partial charge in [-0.05, 0) is 63.8 Å². The Morgan fingerprint density at radius 1 is 1.39 bits per heavy atom. The molecule has 18 heavy (non-hydrogen) atoms. The van der Waals surface area contributed by atoms with Crippen molar-refractivity contribution in [2.45, 2.75) is 32.0 Å². The zero-order valence-corrected chi connectivity index (χ0v) is 13.0. The fourth-order valence-electron chi connectivity index (χ4n) is 1.91. The van der Waals surface area contributed by atoms with E-state index in [-0.39, 0.29) is 18.1 Å². The van der Waals surface area contributed by atoms with E-state index in [1.807, 2.05) is 6.92 Å². The predicted molar refractivity (Wildman–Crippen MR) is 78.5 cm³/mol. The standard InChI is InChI=1S/C12H14Br2N2O2/c1-6-2-3-10(18-6)12(17)16-11-8(13)4-7(15)5-9(11)14/h4-6,10H,2-3,15H2,1H3,(H,16,17). The van der Waals surface area contributed by atoms with Crippen LogP contribution in [0.1, 0.15) is 19.8 Å². The van der Waals surface area contributed by atoms with Gasteiger partial charge in [0.15, 0.2) is 0 Å². The normalized spacial score (nSPS) is 23.1. The number of carbonyl (C=O) groups excluding carboxylic acids is 1. The lowest BCUT2D eigenvalue weighted by Gasteiger charge is -2.14. The molecule has 1 aliphatic rings. The van der Waals surface area contributed by atoms with E-state index in [4.69, 9.17) is 10.5 Å². The van der Waals surface area contributed by atoms with Crippen LogP contribution >= 0.6 is 31.9 Å². The number of nitrogens with one attached hydrogen (secondary N) is 1. The summed E-state index contributed by atoms with van der Waals surface area (Å²) >= 11 is 6.76. The first-order chi connectivity index (χ1) is 8.47. The van der Waals surface area contributed by atoms with Crippen molar-refractivity contribution in [3.05, 3.63) is 21.1 Å². The van der Waals surface area contributed by atoms with E-state index in [2.05, 4.69) is 37.2 Å². The van der Waals surface area contributed by atoms with Crippen LogP contribution in [0.15, 0.2) is 21.1 Å².